The summed E-state index contributed by atoms with van der Waals surface area (Å²) >= 11 is 0. The molecule has 0 amide bonds. The molecule has 1 aromatic rings. The van der Waals surface area contributed by atoms with Crippen molar-refractivity contribution in [2.75, 3.05) is 20.3 Å². The van der Waals surface area contributed by atoms with Crippen molar-refractivity contribution in [2.24, 2.45) is 0 Å². The molecule has 9 heteroatoms. The number of methoxy groups -OCH3 is 1. The molecule has 1 aromatic carbocycles. The first kappa shape index (κ1) is 14.7. The number of ether oxygens (including phenoxy) is 2. The molecule has 0 N–H and O–H groups in total. The summed E-state index contributed by atoms with van der Waals surface area (Å²) in [6.07, 6.45) is 0. The molecule has 0 aliphatic heterocycles. The van der Waals surface area contributed by atoms with Crippen molar-refractivity contribution in [3.63, 3.8) is 0 Å². The highest BCUT2D eigenvalue weighted by Crippen LogP contribution is 2.30. The second kappa shape index (κ2) is 5.98. The Morgan fingerprint density at radius 2 is 2.06 bits per heavy atom. The van der Waals surface area contributed by atoms with E-state index in [1.165, 1.54) is 13.2 Å². The molecule has 0 spiro atoms. The van der Waals surface area contributed by atoms with Crippen LogP contribution < -0.4 is 4.74 Å². The summed E-state index contributed by atoms with van der Waals surface area (Å²) < 4.78 is 32.4. The average Bonchev–Trinajstić information content (AvgIpc) is 2.28. The van der Waals surface area contributed by atoms with E-state index in [0.717, 1.165) is 12.1 Å². The first-order valence-electron chi connectivity index (χ1n) is 4.71. The topological polar surface area (TPSA) is 95.7 Å². The summed E-state index contributed by atoms with van der Waals surface area (Å²) in [5.41, 5.74) is -0.381. The van der Waals surface area contributed by atoms with Gasteiger partial charge in [-0.1, -0.05) is 0 Å². The highest BCUT2D eigenvalue weighted by Gasteiger charge is 2.21. The van der Waals surface area contributed by atoms with Gasteiger partial charge in [-0.25, -0.2) is 8.42 Å². The van der Waals surface area contributed by atoms with Gasteiger partial charge < -0.3 is 9.47 Å². The highest BCUT2D eigenvalue weighted by molar-refractivity contribution is 8.13. The number of halogens is 1. The van der Waals surface area contributed by atoms with Crippen LogP contribution in [0.1, 0.15) is 0 Å². The number of benzene rings is 1. The van der Waals surface area contributed by atoms with Crippen molar-refractivity contribution >= 4 is 25.4 Å². The van der Waals surface area contributed by atoms with Crippen molar-refractivity contribution in [1.82, 2.24) is 0 Å². The monoisotopic (exact) mass is 295 g/mol. The molecule has 0 radical (unpaired) electrons. The first-order valence-corrected chi connectivity index (χ1v) is 7.02. The van der Waals surface area contributed by atoms with Gasteiger partial charge in [0.2, 0.25) is 0 Å². The van der Waals surface area contributed by atoms with Crippen LogP contribution in [0.25, 0.3) is 0 Å². The number of rotatable bonds is 6. The summed E-state index contributed by atoms with van der Waals surface area (Å²) in [5, 5.41) is 10.6. The number of hydrogen-bond acceptors (Lipinski definition) is 6. The van der Waals surface area contributed by atoms with Gasteiger partial charge in [-0.05, 0) is 6.07 Å². The molecule has 0 saturated carbocycles. The van der Waals surface area contributed by atoms with Crippen LogP contribution in [0.3, 0.4) is 0 Å². The number of hydrogen-bond donors (Lipinski definition) is 0. The molecule has 0 heterocycles. The lowest BCUT2D eigenvalue weighted by molar-refractivity contribution is -0.385. The summed E-state index contributed by atoms with van der Waals surface area (Å²) in [4.78, 5) is 9.41. The van der Waals surface area contributed by atoms with Crippen LogP contribution >= 0.6 is 10.7 Å². The number of nitro groups is 1. The van der Waals surface area contributed by atoms with Crippen LogP contribution in [0.5, 0.6) is 5.75 Å². The molecule has 0 saturated heterocycles. The minimum atomic E-state index is -4.12. The van der Waals surface area contributed by atoms with E-state index in [4.69, 9.17) is 20.2 Å². The van der Waals surface area contributed by atoms with E-state index >= 15 is 0 Å². The molecule has 0 aromatic heterocycles. The molecule has 100 valence electrons. The molecular weight excluding hydrogens is 286 g/mol. The maximum Gasteiger partial charge on any atom is 0.271 e. The van der Waals surface area contributed by atoms with Crippen LogP contribution in [0.2, 0.25) is 0 Å². The fraction of sp³-hybridized carbons (Fsp3) is 0.333. The van der Waals surface area contributed by atoms with Crippen molar-refractivity contribution in [1.29, 1.82) is 0 Å². The molecule has 0 unspecified atom stereocenters. The van der Waals surface area contributed by atoms with Crippen LogP contribution in [-0.4, -0.2) is 33.7 Å². The van der Waals surface area contributed by atoms with Gasteiger partial charge in [-0.2, -0.15) is 0 Å². The molecular formula is C9H10ClNO6S. The van der Waals surface area contributed by atoms with Crippen LogP contribution in [0.15, 0.2) is 23.1 Å². The SMILES string of the molecule is COCCOc1ccc([N+](=O)[O-])cc1S(=O)(=O)Cl. The molecule has 0 atom stereocenters. The van der Waals surface area contributed by atoms with Crippen LogP contribution in [0.4, 0.5) is 5.69 Å². The molecule has 0 aliphatic carbocycles. The van der Waals surface area contributed by atoms with Gasteiger partial charge >= 0.3 is 0 Å². The van der Waals surface area contributed by atoms with E-state index in [2.05, 4.69) is 0 Å². The molecule has 0 bridgehead atoms. The third-order valence-electron chi connectivity index (χ3n) is 1.95. The van der Waals surface area contributed by atoms with Gasteiger partial charge in [-0.3, -0.25) is 10.1 Å². The first-order chi connectivity index (χ1) is 8.36. The van der Waals surface area contributed by atoms with Crippen molar-refractivity contribution in [3.8, 4) is 5.75 Å². The molecule has 1 rings (SSSR count). The summed E-state index contributed by atoms with van der Waals surface area (Å²) in [7, 11) is 2.52. The van der Waals surface area contributed by atoms with E-state index < -0.39 is 18.9 Å². The van der Waals surface area contributed by atoms with Crippen molar-refractivity contribution in [3.05, 3.63) is 28.3 Å². The van der Waals surface area contributed by atoms with Gasteiger partial charge in [0.15, 0.2) is 0 Å². The second-order valence-corrected chi connectivity index (χ2v) is 5.70. The Balaban J connectivity index is 3.14. The Morgan fingerprint density at radius 1 is 1.39 bits per heavy atom. The van der Waals surface area contributed by atoms with E-state index in [0.29, 0.717) is 0 Å². The molecule has 0 fully saturated rings. The maximum atomic E-state index is 11.3. The zero-order valence-electron chi connectivity index (χ0n) is 9.33. The van der Waals surface area contributed by atoms with Gasteiger partial charge in [0.25, 0.3) is 14.7 Å². The minimum Gasteiger partial charge on any atom is -0.490 e. The van der Waals surface area contributed by atoms with Gasteiger partial charge in [0.05, 0.1) is 11.5 Å². The summed E-state index contributed by atoms with van der Waals surface area (Å²) in [6, 6.07) is 3.17. The lowest BCUT2D eigenvalue weighted by atomic mass is 10.3. The van der Waals surface area contributed by atoms with Crippen molar-refractivity contribution < 1.29 is 22.8 Å². The molecule has 18 heavy (non-hydrogen) atoms. The molecule has 7 nitrogen and oxygen atoms in total. The highest BCUT2D eigenvalue weighted by atomic mass is 35.7. The number of non-ortho nitro benzene ring substituents is 1. The second-order valence-electron chi connectivity index (χ2n) is 3.17. The lowest BCUT2D eigenvalue weighted by Gasteiger charge is -2.08. The quantitative estimate of drug-likeness (QED) is 0.342. The summed E-state index contributed by atoms with van der Waals surface area (Å²) in [5.74, 6) is -0.0485. The van der Waals surface area contributed by atoms with Gasteiger partial charge in [0, 0.05) is 29.9 Å². The normalized spacial score (nSPS) is 11.2. The zero-order chi connectivity index (χ0) is 13.8. The van der Waals surface area contributed by atoms with E-state index in [-0.39, 0.29) is 24.7 Å². The predicted molar refractivity (Wildman–Crippen MR) is 63.5 cm³/mol. The Hall–Kier alpha value is -1.38. The van der Waals surface area contributed by atoms with Gasteiger partial charge in [-0.15, -0.1) is 0 Å². The largest absolute Gasteiger partial charge is 0.490 e. The maximum absolute atomic E-state index is 11.3. The third kappa shape index (κ3) is 3.83. The fourth-order valence-electron chi connectivity index (χ4n) is 1.16. The van der Waals surface area contributed by atoms with E-state index in [9.17, 15) is 18.5 Å². The Morgan fingerprint density at radius 3 is 2.56 bits per heavy atom. The number of nitrogens with zero attached hydrogens (tertiary/aromatic N) is 1. The van der Waals surface area contributed by atoms with Crippen molar-refractivity contribution in [2.45, 2.75) is 4.90 Å². The van der Waals surface area contributed by atoms with E-state index in [1.807, 2.05) is 0 Å². The minimum absolute atomic E-state index is 0.0485. The standard InChI is InChI=1S/C9H10ClNO6S/c1-16-4-5-17-8-3-2-7(11(12)13)6-9(8)18(10,14)15/h2-3,6H,4-5H2,1H3. The number of nitro benzene ring substituents is 1. The molecule has 0 aliphatic rings. The lowest BCUT2D eigenvalue weighted by Crippen LogP contribution is -2.07. The Kier molecular flexibility index (Phi) is 4.88. The van der Waals surface area contributed by atoms with Crippen LogP contribution in [-0.2, 0) is 13.8 Å². The van der Waals surface area contributed by atoms with E-state index in [1.54, 1.807) is 0 Å². The van der Waals surface area contributed by atoms with Crippen LogP contribution in [0, 0.1) is 10.1 Å². The predicted octanol–water partition coefficient (Wildman–Crippen LogP) is 1.55. The Bertz CT molecular complexity index is 544. The smallest absolute Gasteiger partial charge is 0.271 e. The Labute approximate surface area is 108 Å². The average molecular weight is 296 g/mol. The summed E-state index contributed by atoms with van der Waals surface area (Å²) in [6.45, 7) is 0.354. The fourth-order valence-corrected chi connectivity index (χ4v) is 2.15. The zero-order valence-corrected chi connectivity index (χ0v) is 10.9. The third-order valence-corrected chi connectivity index (χ3v) is 3.29. The van der Waals surface area contributed by atoms with Gasteiger partial charge in [0.1, 0.15) is 17.3 Å².